The molecule has 0 fully saturated rings. The van der Waals surface area contributed by atoms with Gasteiger partial charge in [0, 0.05) is 6.04 Å². The lowest BCUT2D eigenvalue weighted by atomic mass is 10.0. The van der Waals surface area contributed by atoms with Gasteiger partial charge in [-0.3, -0.25) is 0 Å². The molecular weight excluding hydrogens is 298 g/mol. The predicted octanol–water partition coefficient (Wildman–Crippen LogP) is 3.38. The fourth-order valence-electron chi connectivity index (χ4n) is 2.43. The molecule has 1 rings (SSSR count). The van der Waals surface area contributed by atoms with Gasteiger partial charge in [-0.05, 0) is 31.9 Å². The number of sulfonamides is 1. The molecule has 0 amide bonds. The molecule has 0 radical (unpaired) electrons. The van der Waals surface area contributed by atoms with E-state index >= 15 is 0 Å². The van der Waals surface area contributed by atoms with Crippen LogP contribution in [0, 0.1) is 6.92 Å². The van der Waals surface area contributed by atoms with Crippen LogP contribution in [-0.2, 0) is 10.0 Å². The largest absolute Gasteiger partial charge is 0.391 e. The SMILES string of the molecule is CCCCC[C@@H](NS(=O)(=O)c1ccc(C)cc1)[C@H](O)CCC. The van der Waals surface area contributed by atoms with Crippen LogP contribution >= 0.6 is 0 Å². The van der Waals surface area contributed by atoms with Crippen molar-refractivity contribution < 1.29 is 13.5 Å². The molecular formula is C17H29NO3S. The van der Waals surface area contributed by atoms with Gasteiger partial charge in [0.05, 0.1) is 11.0 Å². The van der Waals surface area contributed by atoms with Crippen LogP contribution in [0.4, 0.5) is 0 Å². The Morgan fingerprint density at radius 1 is 1.05 bits per heavy atom. The highest BCUT2D eigenvalue weighted by Crippen LogP contribution is 2.16. The minimum absolute atomic E-state index is 0.252. The van der Waals surface area contributed by atoms with E-state index in [4.69, 9.17) is 0 Å². The molecule has 0 aliphatic rings. The van der Waals surface area contributed by atoms with E-state index < -0.39 is 22.2 Å². The third-order valence-corrected chi connectivity index (χ3v) is 5.31. The summed E-state index contributed by atoms with van der Waals surface area (Å²) in [4.78, 5) is 0.252. The van der Waals surface area contributed by atoms with Gasteiger partial charge >= 0.3 is 0 Å². The minimum Gasteiger partial charge on any atom is -0.391 e. The number of aliphatic hydroxyl groups is 1. The van der Waals surface area contributed by atoms with Crippen molar-refractivity contribution in [2.45, 2.75) is 76.3 Å². The molecule has 2 atom stereocenters. The van der Waals surface area contributed by atoms with E-state index in [0.29, 0.717) is 12.8 Å². The lowest BCUT2D eigenvalue weighted by Gasteiger charge is -2.24. The number of unbranched alkanes of at least 4 members (excludes halogenated alkanes) is 2. The van der Waals surface area contributed by atoms with Gasteiger partial charge in [0.15, 0.2) is 0 Å². The van der Waals surface area contributed by atoms with Crippen molar-refractivity contribution in [3.63, 3.8) is 0 Å². The van der Waals surface area contributed by atoms with Crippen molar-refractivity contribution in [2.75, 3.05) is 0 Å². The third kappa shape index (κ3) is 6.07. The molecule has 0 heterocycles. The van der Waals surface area contributed by atoms with E-state index in [1.807, 2.05) is 13.8 Å². The number of hydrogen-bond acceptors (Lipinski definition) is 3. The van der Waals surface area contributed by atoms with Crippen LogP contribution in [-0.4, -0.2) is 25.7 Å². The molecule has 1 aromatic rings. The Bertz CT molecular complexity index is 525. The van der Waals surface area contributed by atoms with E-state index in [1.165, 1.54) is 0 Å². The van der Waals surface area contributed by atoms with E-state index in [0.717, 1.165) is 31.2 Å². The highest BCUT2D eigenvalue weighted by molar-refractivity contribution is 7.89. The Morgan fingerprint density at radius 3 is 2.23 bits per heavy atom. The summed E-state index contributed by atoms with van der Waals surface area (Å²) in [5.74, 6) is 0. The van der Waals surface area contributed by atoms with Crippen LogP contribution in [0.25, 0.3) is 0 Å². The smallest absolute Gasteiger partial charge is 0.240 e. The van der Waals surface area contributed by atoms with Crippen LogP contribution in [0.1, 0.15) is 57.9 Å². The van der Waals surface area contributed by atoms with Gasteiger partial charge in [-0.25, -0.2) is 13.1 Å². The molecule has 126 valence electrons. The number of hydrogen-bond donors (Lipinski definition) is 2. The highest BCUT2D eigenvalue weighted by Gasteiger charge is 2.25. The fraction of sp³-hybridized carbons (Fsp3) is 0.647. The molecule has 0 aliphatic carbocycles. The second-order valence-corrected chi connectivity index (χ2v) is 7.61. The summed E-state index contributed by atoms with van der Waals surface area (Å²) in [6.07, 6.45) is 4.49. The topological polar surface area (TPSA) is 66.4 Å². The standard InChI is InChI=1S/C17H29NO3S/c1-4-6-7-9-16(17(19)8-5-2)18-22(20,21)15-12-10-14(3)11-13-15/h10-13,16-19H,4-9H2,1-3H3/t16-,17-/m1/s1. The van der Waals surface area contributed by atoms with Crippen molar-refractivity contribution in [1.29, 1.82) is 0 Å². The van der Waals surface area contributed by atoms with Crippen LogP contribution < -0.4 is 4.72 Å². The summed E-state index contributed by atoms with van der Waals surface area (Å²) in [5, 5.41) is 10.2. The maximum absolute atomic E-state index is 12.5. The summed E-state index contributed by atoms with van der Waals surface area (Å²) in [7, 11) is -3.59. The number of aliphatic hydroxyl groups excluding tert-OH is 1. The minimum atomic E-state index is -3.59. The molecule has 4 nitrogen and oxygen atoms in total. The van der Waals surface area contributed by atoms with Gasteiger partial charge in [-0.2, -0.15) is 0 Å². The van der Waals surface area contributed by atoms with Crippen LogP contribution in [0.15, 0.2) is 29.2 Å². The summed E-state index contributed by atoms with van der Waals surface area (Å²) in [6.45, 7) is 6.01. The number of aryl methyl sites for hydroxylation is 1. The Hall–Kier alpha value is -0.910. The van der Waals surface area contributed by atoms with Crippen molar-refractivity contribution >= 4 is 10.0 Å². The maximum atomic E-state index is 12.5. The second kappa shape index (κ2) is 9.28. The predicted molar refractivity (Wildman–Crippen MR) is 90.3 cm³/mol. The van der Waals surface area contributed by atoms with Crippen LogP contribution in [0.2, 0.25) is 0 Å². The zero-order valence-corrected chi connectivity index (χ0v) is 14.7. The number of nitrogens with one attached hydrogen (secondary N) is 1. The van der Waals surface area contributed by atoms with Gasteiger partial charge in [0.1, 0.15) is 0 Å². The molecule has 0 bridgehead atoms. The van der Waals surface area contributed by atoms with Gasteiger partial charge < -0.3 is 5.11 Å². The molecule has 2 N–H and O–H groups in total. The Labute approximate surface area is 135 Å². The van der Waals surface area contributed by atoms with Gasteiger partial charge in [-0.15, -0.1) is 0 Å². The monoisotopic (exact) mass is 327 g/mol. The second-order valence-electron chi connectivity index (χ2n) is 5.89. The molecule has 0 unspecified atom stereocenters. The first-order valence-electron chi connectivity index (χ1n) is 8.17. The van der Waals surface area contributed by atoms with Crippen molar-refractivity contribution in [3.8, 4) is 0 Å². The summed E-state index contributed by atoms with van der Waals surface area (Å²) >= 11 is 0. The first kappa shape index (κ1) is 19.1. The first-order chi connectivity index (χ1) is 10.4. The van der Waals surface area contributed by atoms with Crippen molar-refractivity contribution in [3.05, 3.63) is 29.8 Å². The average Bonchev–Trinajstić information content (AvgIpc) is 2.47. The fourth-order valence-corrected chi connectivity index (χ4v) is 3.73. The molecule has 22 heavy (non-hydrogen) atoms. The molecule has 0 saturated carbocycles. The molecule has 0 aromatic heterocycles. The van der Waals surface area contributed by atoms with Crippen molar-refractivity contribution in [1.82, 2.24) is 4.72 Å². The summed E-state index contributed by atoms with van der Waals surface area (Å²) < 4.78 is 27.6. The molecule has 0 saturated heterocycles. The third-order valence-electron chi connectivity index (χ3n) is 3.81. The summed E-state index contributed by atoms with van der Waals surface area (Å²) in [5.41, 5.74) is 1.02. The molecule has 5 heteroatoms. The Kier molecular flexibility index (Phi) is 8.07. The van der Waals surface area contributed by atoms with Gasteiger partial charge in [-0.1, -0.05) is 57.2 Å². The molecule has 0 spiro atoms. The van der Waals surface area contributed by atoms with Crippen LogP contribution in [0.5, 0.6) is 0 Å². The Morgan fingerprint density at radius 2 is 1.68 bits per heavy atom. The van der Waals surface area contributed by atoms with Crippen LogP contribution in [0.3, 0.4) is 0 Å². The highest BCUT2D eigenvalue weighted by atomic mass is 32.2. The zero-order valence-electron chi connectivity index (χ0n) is 13.9. The molecule has 0 aliphatic heterocycles. The van der Waals surface area contributed by atoms with E-state index in [-0.39, 0.29) is 4.90 Å². The van der Waals surface area contributed by atoms with E-state index in [2.05, 4.69) is 11.6 Å². The lowest BCUT2D eigenvalue weighted by Crippen LogP contribution is -2.43. The lowest BCUT2D eigenvalue weighted by molar-refractivity contribution is 0.122. The normalized spacial score (nSPS) is 14.7. The number of rotatable bonds is 10. The zero-order chi connectivity index (χ0) is 16.6. The van der Waals surface area contributed by atoms with Gasteiger partial charge in [0.25, 0.3) is 0 Å². The number of benzene rings is 1. The Balaban J connectivity index is 2.83. The maximum Gasteiger partial charge on any atom is 0.240 e. The van der Waals surface area contributed by atoms with E-state index in [1.54, 1.807) is 24.3 Å². The van der Waals surface area contributed by atoms with E-state index in [9.17, 15) is 13.5 Å². The van der Waals surface area contributed by atoms with Gasteiger partial charge in [0.2, 0.25) is 10.0 Å². The first-order valence-corrected chi connectivity index (χ1v) is 9.66. The molecule has 1 aromatic carbocycles. The van der Waals surface area contributed by atoms with Crippen molar-refractivity contribution in [2.24, 2.45) is 0 Å². The quantitative estimate of drug-likeness (QED) is 0.647. The summed E-state index contributed by atoms with van der Waals surface area (Å²) in [6, 6.07) is 6.35. The average molecular weight is 327 g/mol.